The van der Waals surface area contributed by atoms with Crippen molar-refractivity contribution in [2.24, 2.45) is 0 Å². The Balaban J connectivity index is 1.77. The van der Waals surface area contributed by atoms with Gasteiger partial charge in [-0.25, -0.2) is 0 Å². The SMILES string of the molecule is CCCCCCC(=O)OCCOCCOCCOCCOc1ccc(N)cc1. The van der Waals surface area contributed by atoms with Crippen molar-refractivity contribution in [3.05, 3.63) is 24.3 Å². The number of carbonyl (C=O) groups excluding carboxylic acids is 1. The van der Waals surface area contributed by atoms with Crippen molar-refractivity contribution < 1.29 is 28.5 Å². The van der Waals surface area contributed by atoms with E-state index in [4.69, 9.17) is 29.4 Å². The Bertz CT molecular complexity index is 494. The van der Waals surface area contributed by atoms with Crippen LogP contribution in [0, 0.1) is 0 Å². The molecule has 7 heteroatoms. The van der Waals surface area contributed by atoms with Crippen molar-refractivity contribution in [3.63, 3.8) is 0 Å². The van der Waals surface area contributed by atoms with Gasteiger partial charge in [0.05, 0.1) is 39.6 Å². The number of carbonyl (C=O) groups is 1. The summed E-state index contributed by atoms with van der Waals surface area (Å²) in [6.45, 7) is 5.75. The lowest BCUT2D eigenvalue weighted by atomic mass is 10.2. The number of nitrogen functional groups attached to an aromatic ring is 1. The van der Waals surface area contributed by atoms with Gasteiger partial charge in [0.25, 0.3) is 0 Å². The smallest absolute Gasteiger partial charge is 0.305 e. The van der Waals surface area contributed by atoms with E-state index in [9.17, 15) is 4.79 Å². The highest BCUT2D eigenvalue weighted by Crippen LogP contribution is 2.12. The first-order valence-corrected chi connectivity index (χ1v) is 10.1. The van der Waals surface area contributed by atoms with E-state index in [1.807, 2.05) is 12.1 Å². The molecule has 2 N–H and O–H groups in total. The van der Waals surface area contributed by atoms with Gasteiger partial charge in [-0.3, -0.25) is 4.79 Å². The largest absolute Gasteiger partial charge is 0.491 e. The Kier molecular flexibility index (Phi) is 14.9. The van der Waals surface area contributed by atoms with Gasteiger partial charge in [0.1, 0.15) is 19.0 Å². The highest BCUT2D eigenvalue weighted by molar-refractivity contribution is 5.69. The van der Waals surface area contributed by atoms with E-state index in [0.29, 0.717) is 65.0 Å². The summed E-state index contributed by atoms with van der Waals surface area (Å²) < 4.78 is 26.8. The molecular weight excluding hydrogens is 362 g/mol. The van der Waals surface area contributed by atoms with Crippen LogP contribution in [-0.4, -0.2) is 58.8 Å². The van der Waals surface area contributed by atoms with Gasteiger partial charge in [-0.2, -0.15) is 0 Å². The van der Waals surface area contributed by atoms with Crippen LogP contribution in [0.1, 0.15) is 39.0 Å². The van der Waals surface area contributed by atoms with Crippen LogP contribution in [0.3, 0.4) is 0 Å². The van der Waals surface area contributed by atoms with Crippen molar-refractivity contribution in [1.82, 2.24) is 0 Å². The molecule has 1 aromatic rings. The van der Waals surface area contributed by atoms with Crippen LogP contribution in [0.15, 0.2) is 24.3 Å². The van der Waals surface area contributed by atoms with E-state index in [1.54, 1.807) is 12.1 Å². The molecule has 160 valence electrons. The minimum atomic E-state index is -0.145. The number of ether oxygens (including phenoxy) is 5. The first-order chi connectivity index (χ1) is 13.7. The lowest BCUT2D eigenvalue weighted by molar-refractivity contribution is -0.145. The molecule has 1 rings (SSSR count). The molecule has 0 spiro atoms. The van der Waals surface area contributed by atoms with Crippen LogP contribution in [0.25, 0.3) is 0 Å². The number of hydrogen-bond donors (Lipinski definition) is 1. The average molecular weight is 398 g/mol. The van der Waals surface area contributed by atoms with E-state index in [1.165, 1.54) is 6.42 Å². The molecule has 0 unspecified atom stereocenters. The van der Waals surface area contributed by atoms with Crippen LogP contribution in [-0.2, 0) is 23.7 Å². The molecule has 0 atom stereocenters. The monoisotopic (exact) mass is 397 g/mol. The highest BCUT2D eigenvalue weighted by Gasteiger charge is 2.02. The fourth-order valence-electron chi connectivity index (χ4n) is 2.31. The van der Waals surface area contributed by atoms with Crippen LogP contribution < -0.4 is 10.5 Å². The lowest BCUT2D eigenvalue weighted by Crippen LogP contribution is -2.14. The molecule has 0 amide bonds. The zero-order valence-electron chi connectivity index (χ0n) is 17.0. The maximum absolute atomic E-state index is 11.5. The van der Waals surface area contributed by atoms with Gasteiger partial charge < -0.3 is 29.4 Å². The Morgan fingerprint density at radius 2 is 1.36 bits per heavy atom. The Morgan fingerprint density at radius 3 is 1.96 bits per heavy atom. The van der Waals surface area contributed by atoms with E-state index >= 15 is 0 Å². The maximum atomic E-state index is 11.5. The van der Waals surface area contributed by atoms with Crippen molar-refractivity contribution in [2.45, 2.75) is 39.0 Å². The summed E-state index contributed by atoms with van der Waals surface area (Å²) in [6, 6.07) is 7.25. The third-order valence-corrected chi connectivity index (χ3v) is 3.85. The quantitative estimate of drug-likeness (QED) is 0.231. The molecule has 0 bridgehead atoms. The zero-order chi connectivity index (χ0) is 20.3. The molecule has 0 aliphatic heterocycles. The second-order valence-corrected chi connectivity index (χ2v) is 6.29. The maximum Gasteiger partial charge on any atom is 0.305 e. The van der Waals surface area contributed by atoms with E-state index in [0.717, 1.165) is 25.0 Å². The molecule has 0 fully saturated rings. The van der Waals surface area contributed by atoms with Gasteiger partial charge in [0, 0.05) is 12.1 Å². The van der Waals surface area contributed by atoms with Gasteiger partial charge in [0.2, 0.25) is 0 Å². The molecular formula is C21H35NO6. The Labute approximate surface area is 168 Å². The predicted molar refractivity (Wildman–Crippen MR) is 109 cm³/mol. The number of hydrogen-bond acceptors (Lipinski definition) is 7. The lowest BCUT2D eigenvalue weighted by Gasteiger charge is -2.08. The van der Waals surface area contributed by atoms with Crippen LogP contribution in [0.4, 0.5) is 5.69 Å². The summed E-state index contributed by atoms with van der Waals surface area (Å²) in [5.74, 6) is 0.627. The first kappa shape index (κ1) is 24.2. The second kappa shape index (κ2) is 17.3. The number of benzene rings is 1. The van der Waals surface area contributed by atoms with Gasteiger partial charge in [-0.1, -0.05) is 26.2 Å². The third kappa shape index (κ3) is 14.3. The van der Waals surface area contributed by atoms with Crippen molar-refractivity contribution >= 4 is 11.7 Å². The van der Waals surface area contributed by atoms with E-state index in [-0.39, 0.29) is 5.97 Å². The molecule has 0 saturated carbocycles. The predicted octanol–water partition coefficient (Wildman–Crippen LogP) is 3.21. The van der Waals surface area contributed by atoms with Gasteiger partial charge >= 0.3 is 5.97 Å². The number of anilines is 1. The number of unbranched alkanes of at least 4 members (excludes halogenated alkanes) is 3. The van der Waals surface area contributed by atoms with Crippen molar-refractivity contribution in [2.75, 3.05) is 58.6 Å². The average Bonchev–Trinajstić information content (AvgIpc) is 2.70. The molecule has 0 aromatic heterocycles. The second-order valence-electron chi connectivity index (χ2n) is 6.29. The first-order valence-electron chi connectivity index (χ1n) is 10.1. The molecule has 0 aliphatic carbocycles. The van der Waals surface area contributed by atoms with Gasteiger partial charge in [-0.15, -0.1) is 0 Å². The molecule has 1 aromatic carbocycles. The Morgan fingerprint density at radius 1 is 0.786 bits per heavy atom. The molecule has 0 heterocycles. The minimum absolute atomic E-state index is 0.145. The highest BCUT2D eigenvalue weighted by atomic mass is 16.6. The van der Waals surface area contributed by atoms with Crippen molar-refractivity contribution in [1.29, 1.82) is 0 Å². The Hall–Kier alpha value is -1.83. The summed E-state index contributed by atoms with van der Waals surface area (Å²) in [5.41, 5.74) is 6.32. The normalized spacial score (nSPS) is 10.8. The molecule has 0 aliphatic rings. The standard InChI is InChI=1S/C21H35NO6/c1-2-3-4-5-6-21(23)28-18-16-26-14-12-24-11-13-25-15-17-27-20-9-7-19(22)8-10-20/h7-10H,2-6,11-18,22H2,1H3. The summed E-state index contributed by atoms with van der Waals surface area (Å²) in [6.07, 6.45) is 4.80. The van der Waals surface area contributed by atoms with Crippen LogP contribution in [0.2, 0.25) is 0 Å². The topological polar surface area (TPSA) is 89.2 Å². The summed E-state index contributed by atoms with van der Waals surface area (Å²) >= 11 is 0. The van der Waals surface area contributed by atoms with Crippen LogP contribution in [0.5, 0.6) is 5.75 Å². The summed E-state index contributed by atoms with van der Waals surface area (Å²) in [5, 5.41) is 0. The fraction of sp³-hybridized carbons (Fsp3) is 0.667. The van der Waals surface area contributed by atoms with Gasteiger partial charge in [0.15, 0.2) is 0 Å². The third-order valence-electron chi connectivity index (χ3n) is 3.85. The fourth-order valence-corrected chi connectivity index (χ4v) is 2.31. The minimum Gasteiger partial charge on any atom is -0.491 e. The zero-order valence-corrected chi connectivity index (χ0v) is 17.0. The number of nitrogens with two attached hydrogens (primary N) is 1. The molecule has 7 nitrogen and oxygen atoms in total. The number of esters is 1. The molecule has 28 heavy (non-hydrogen) atoms. The summed E-state index contributed by atoms with van der Waals surface area (Å²) in [4.78, 5) is 11.5. The number of rotatable bonds is 18. The molecule has 0 radical (unpaired) electrons. The summed E-state index contributed by atoms with van der Waals surface area (Å²) in [7, 11) is 0. The molecule has 0 saturated heterocycles. The van der Waals surface area contributed by atoms with Crippen LogP contribution >= 0.6 is 0 Å². The van der Waals surface area contributed by atoms with Gasteiger partial charge in [-0.05, 0) is 30.7 Å². The van der Waals surface area contributed by atoms with Crippen molar-refractivity contribution in [3.8, 4) is 5.75 Å². The van der Waals surface area contributed by atoms with E-state index < -0.39 is 0 Å². The van der Waals surface area contributed by atoms with E-state index in [2.05, 4.69) is 6.92 Å².